The zero-order chi connectivity index (χ0) is 15.3. The van der Waals surface area contributed by atoms with E-state index in [0.717, 1.165) is 18.6 Å². The molecule has 2 rings (SSSR count). The highest BCUT2D eigenvalue weighted by Crippen LogP contribution is 2.31. The molecule has 21 heavy (non-hydrogen) atoms. The molecule has 0 spiro atoms. The SMILES string of the molecule is CC(C)(C)c1ccc(OC2CCCCC2CC#CS)cc1. The van der Waals surface area contributed by atoms with Gasteiger partial charge in [0.15, 0.2) is 0 Å². The summed E-state index contributed by atoms with van der Waals surface area (Å²) < 4.78 is 6.24. The predicted octanol–water partition coefficient (Wildman–Crippen LogP) is 5.20. The van der Waals surface area contributed by atoms with Gasteiger partial charge in [-0.15, -0.1) is 0 Å². The molecular formula is C19H26OS. The zero-order valence-corrected chi connectivity index (χ0v) is 14.2. The van der Waals surface area contributed by atoms with Gasteiger partial charge in [-0.25, -0.2) is 0 Å². The van der Waals surface area contributed by atoms with Crippen molar-refractivity contribution >= 4 is 12.6 Å². The molecule has 1 aliphatic carbocycles. The van der Waals surface area contributed by atoms with Crippen molar-refractivity contribution in [1.82, 2.24) is 0 Å². The Labute approximate surface area is 134 Å². The lowest BCUT2D eigenvalue weighted by molar-refractivity contribution is 0.0952. The van der Waals surface area contributed by atoms with Gasteiger partial charge in [0.25, 0.3) is 0 Å². The van der Waals surface area contributed by atoms with Crippen LogP contribution in [0.15, 0.2) is 24.3 Å². The maximum Gasteiger partial charge on any atom is 0.119 e. The highest BCUT2D eigenvalue weighted by molar-refractivity contribution is 7.85. The second-order valence-electron chi connectivity index (χ2n) is 6.97. The predicted molar refractivity (Wildman–Crippen MR) is 92.9 cm³/mol. The number of thiol groups is 1. The van der Waals surface area contributed by atoms with Gasteiger partial charge in [0.1, 0.15) is 11.9 Å². The summed E-state index contributed by atoms with van der Waals surface area (Å²) in [7, 11) is 0. The molecule has 1 aromatic rings. The molecule has 0 aromatic heterocycles. The summed E-state index contributed by atoms with van der Waals surface area (Å²) in [6.07, 6.45) is 6.10. The van der Waals surface area contributed by atoms with Gasteiger partial charge < -0.3 is 4.74 Å². The Bertz CT molecular complexity index is 501. The Morgan fingerprint density at radius 2 is 1.81 bits per heavy atom. The van der Waals surface area contributed by atoms with Crippen LogP contribution < -0.4 is 4.74 Å². The summed E-state index contributed by atoms with van der Waals surface area (Å²) >= 11 is 3.99. The maximum atomic E-state index is 6.24. The van der Waals surface area contributed by atoms with Crippen molar-refractivity contribution in [1.29, 1.82) is 0 Å². The topological polar surface area (TPSA) is 9.23 Å². The van der Waals surface area contributed by atoms with Crippen molar-refractivity contribution < 1.29 is 4.74 Å². The van der Waals surface area contributed by atoms with Gasteiger partial charge in [0.2, 0.25) is 0 Å². The third-order valence-corrected chi connectivity index (χ3v) is 4.45. The van der Waals surface area contributed by atoms with Gasteiger partial charge in [-0.1, -0.05) is 57.9 Å². The minimum Gasteiger partial charge on any atom is -0.490 e. The van der Waals surface area contributed by atoms with Crippen LogP contribution >= 0.6 is 12.6 Å². The highest BCUT2D eigenvalue weighted by Gasteiger charge is 2.26. The molecule has 0 amide bonds. The van der Waals surface area contributed by atoms with Crippen LogP contribution in [0.4, 0.5) is 0 Å². The van der Waals surface area contributed by atoms with Crippen LogP contribution in [0.3, 0.4) is 0 Å². The van der Waals surface area contributed by atoms with Gasteiger partial charge in [-0.05, 0) is 47.6 Å². The number of hydrogen-bond acceptors (Lipinski definition) is 2. The Morgan fingerprint density at radius 1 is 1.14 bits per heavy atom. The lowest BCUT2D eigenvalue weighted by Crippen LogP contribution is -2.30. The molecule has 0 aliphatic heterocycles. The number of benzene rings is 1. The Balaban J connectivity index is 2.03. The lowest BCUT2D eigenvalue weighted by Gasteiger charge is -2.31. The van der Waals surface area contributed by atoms with Crippen LogP contribution in [0.1, 0.15) is 58.4 Å². The van der Waals surface area contributed by atoms with Crippen molar-refractivity contribution in [3.63, 3.8) is 0 Å². The number of ether oxygens (including phenoxy) is 1. The average Bonchev–Trinajstić information content (AvgIpc) is 2.46. The van der Waals surface area contributed by atoms with E-state index in [0.29, 0.717) is 12.0 Å². The molecule has 1 aliphatic rings. The summed E-state index contributed by atoms with van der Waals surface area (Å²) in [6.45, 7) is 6.70. The Hall–Kier alpha value is -1.07. The van der Waals surface area contributed by atoms with Gasteiger partial charge in [0.05, 0.1) is 0 Å². The van der Waals surface area contributed by atoms with E-state index >= 15 is 0 Å². The summed E-state index contributed by atoms with van der Waals surface area (Å²) in [5.41, 5.74) is 1.53. The van der Waals surface area contributed by atoms with Gasteiger partial charge in [0, 0.05) is 12.3 Å². The van der Waals surface area contributed by atoms with E-state index in [-0.39, 0.29) is 5.41 Å². The van der Waals surface area contributed by atoms with Crippen molar-refractivity contribution in [2.45, 2.75) is 64.4 Å². The summed E-state index contributed by atoms with van der Waals surface area (Å²) in [6, 6.07) is 8.58. The number of rotatable bonds is 3. The van der Waals surface area contributed by atoms with Crippen molar-refractivity contribution in [3.05, 3.63) is 29.8 Å². The van der Waals surface area contributed by atoms with Crippen molar-refractivity contribution in [2.75, 3.05) is 0 Å². The standard InChI is InChI=1S/C19H26OS/c1-19(2,3)16-10-12-17(13-11-16)20-18-9-5-4-7-15(18)8-6-14-21/h10-13,15,18,21H,4-5,7-9H2,1-3H3. The molecule has 0 saturated heterocycles. The first-order valence-corrected chi connectivity index (χ1v) is 8.34. The molecule has 1 aromatic carbocycles. The van der Waals surface area contributed by atoms with E-state index in [4.69, 9.17) is 4.74 Å². The minimum atomic E-state index is 0.189. The minimum absolute atomic E-state index is 0.189. The molecule has 0 radical (unpaired) electrons. The Morgan fingerprint density at radius 3 is 2.43 bits per heavy atom. The molecule has 1 saturated carbocycles. The van der Waals surface area contributed by atoms with Gasteiger partial charge >= 0.3 is 0 Å². The van der Waals surface area contributed by atoms with E-state index < -0.39 is 0 Å². The van der Waals surface area contributed by atoms with Crippen LogP contribution in [0.5, 0.6) is 5.75 Å². The van der Waals surface area contributed by atoms with E-state index in [9.17, 15) is 0 Å². The van der Waals surface area contributed by atoms with E-state index in [1.54, 1.807) is 0 Å². The molecule has 2 heteroatoms. The first-order chi connectivity index (χ1) is 10.0. The molecule has 1 fully saturated rings. The molecule has 0 N–H and O–H groups in total. The molecular weight excluding hydrogens is 276 g/mol. The largest absolute Gasteiger partial charge is 0.490 e. The van der Waals surface area contributed by atoms with Crippen LogP contribution in [0.2, 0.25) is 0 Å². The maximum absolute atomic E-state index is 6.24. The van der Waals surface area contributed by atoms with E-state index in [1.807, 2.05) is 0 Å². The quantitative estimate of drug-likeness (QED) is 0.596. The summed E-state index contributed by atoms with van der Waals surface area (Å²) in [5.74, 6) is 4.62. The molecule has 2 atom stereocenters. The Kier molecular flexibility index (Phi) is 5.65. The third-order valence-electron chi connectivity index (χ3n) is 4.29. The van der Waals surface area contributed by atoms with Crippen LogP contribution in [-0.2, 0) is 5.41 Å². The van der Waals surface area contributed by atoms with E-state index in [1.165, 1.54) is 24.8 Å². The first kappa shape index (κ1) is 16.3. The first-order valence-electron chi connectivity index (χ1n) is 7.90. The lowest BCUT2D eigenvalue weighted by atomic mass is 9.84. The van der Waals surface area contributed by atoms with Gasteiger partial charge in [-0.3, -0.25) is 0 Å². The number of hydrogen-bond donors (Lipinski definition) is 1. The second-order valence-corrected chi connectivity index (χ2v) is 7.19. The molecule has 114 valence electrons. The monoisotopic (exact) mass is 302 g/mol. The fourth-order valence-corrected chi connectivity index (χ4v) is 3.04. The van der Waals surface area contributed by atoms with Crippen LogP contribution in [-0.4, -0.2) is 6.10 Å². The molecule has 0 bridgehead atoms. The summed E-state index contributed by atoms with van der Waals surface area (Å²) in [5, 5.41) is 2.71. The normalized spacial score (nSPS) is 22.3. The average molecular weight is 302 g/mol. The van der Waals surface area contributed by atoms with Crippen LogP contribution in [0, 0.1) is 17.1 Å². The summed E-state index contributed by atoms with van der Waals surface area (Å²) in [4.78, 5) is 0. The molecule has 0 heterocycles. The third kappa shape index (κ3) is 4.71. The smallest absolute Gasteiger partial charge is 0.119 e. The fourth-order valence-electron chi connectivity index (χ4n) is 2.95. The highest BCUT2D eigenvalue weighted by atomic mass is 32.1. The molecule has 2 unspecified atom stereocenters. The van der Waals surface area contributed by atoms with Gasteiger partial charge in [-0.2, -0.15) is 0 Å². The van der Waals surface area contributed by atoms with E-state index in [2.05, 4.69) is 68.8 Å². The fraction of sp³-hybridized carbons (Fsp3) is 0.579. The second kappa shape index (κ2) is 7.27. The van der Waals surface area contributed by atoms with Crippen molar-refractivity contribution in [3.8, 4) is 16.9 Å². The van der Waals surface area contributed by atoms with Crippen molar-refractivity contribution in [2.24, 2.45) is 5.92 Å². The zero-order valence-electron chi connectivity index (χ0n) is 13.4. The van der Waals surface area contributed by atoms with Crippen LogP contribution in [0.25, 0.3) is 0 Å². The molecule has 1 nitrogen and oxygen atoms in total.